The highest BCUT2D eigenvalue weighted by Gasteiger charge is 2.11. The lowest BCUT2D eigenvalue weighted by molar-refractivity contribution is 0.306. The van der Waals surface area contributed by atoms with E-state index in [-0.39, 0.29) is 5.82 Å². The molecule has 0 unspecified atom stereocenters. The van der Waals surface area contributed by atoms with E-state index in [0.29, 0.717) is 34.9 Å². The van der Waals surface area contributed by atoms with Crippen molar-refractivity contribution in [2.75, 3.05) is 0 Å². The first-order valence-electron chi connectivity index (χ1n) is 8.76. The molecule has 0 bridgehead atoms. The topological polar surface area (TPSA) is 55.2 Å². The van der Waals surface area contributed by atoms with Crippen molar-refractivity contribution in [3.8, 4) is 17.2 Å². The summed E-state index contributed by atoms with van der Waals surface area (Å²) in [5.74, 6) is 1.14. The third-order valence-corrected chi connectivity index (χ3v) is 4.25. The van der Waals surface area contributed by atoms with Crippen LogP contribution in [0.4, 0.5) is 4.39 Å². The lowest BCUT2D eigenvalue weighted by atomic mass is 10.1. The van der Waals surface area contributed by atoms with Crippen LogP contribution < -0.4 is 9.47 Å². The largest absolute Gasteiger partial charge is 0.488 e. The SMILES string of the molecule is N=Cc1cc2c(Oc3cccc(F)c3)ccnc2cc1OCc1ccccc1. The molecule has 0 aliphatic carbocycles. The van der Waals surface area contributed by atoms with Gasteiger partial charge in [-0.25, -0.2) is 4.39 Å². The van der Waals surface area contributed by atoms with Gasteiger partial charge in [-0.2, -0.15) is 0 Å². The summed E-state index contributed by atoms with van der Waals surface area (Å²) in [6.45, 7) is 0.396. The average Bonchev–Trinajstić information content (AvgIpc) is 2.72. The summed E-state index contributed by atoms with van der Waals surface area (Å²) in [7, 11) is 0. The predicted molar refractivity (Wildman–Crippen MR) is 107 cm³/mol. The predicted octanol–water partition coefficient (Wildman–Crippen LogP) is 5.74. The molecule has 138 valence electrons. The average molecular weight is 372 g/mol. The van der Waals surface area contributed by atoms with Crippen molar-refractivity contribution < 1.29 is 13.9 Å². The van der Waals surface area contributed by atoms with Gasteiger partial charge in [-0.15, -0.1) is 0 Å². The molecule has 28 heavy (non-hydrogen) atoms. The van der Waals surface area contributed by atoms with Crippen molar-refractivity contribution in [2.24, 2.45) is 0 Å². The van der Waals surface area contributed by atoms with E-state index in [0.717, 1.165) is 10.9 Å². The number of hydrogen-bond donors (Lipinski definition) is 1. The summed E-state index contributed by atoms with van der Waals surface area (Å²) in [6, 6.07) is 21.1. The minimum atomic E-state index is -0.368. The van der Waals surface area contributed by atoms with Gasteiger partial charge in [0.25, 0.3) is 0 Å². The Morgan fingerprint density at radius 1 is 0.929 bits per heavy atom. The van der Waals surface area contributed by atoms with E-state index in [9.17, 15) is 4.39 Å². The Morgan fingerprint density at radius 2 is 1.79 bits per heavy atom. The van der Waals surface area contributed by atoms with Crippen LogP contribution in [0.15, 0.2) is 79.0 Å². The molecule has 1 heterocycles. The van der Waals surface area contributed by atoms with E-state index >= 15 is 0 Å². The van der Waals surface area contributed by atoms with Gasteiger partial charge in [0.2, 0.25) is 0 Å². The fourth-order valence-electron chi connectivity index (χ4n) is 2.88. The zero-order valence-corrected chi connectivity index (χ0v) is 14.9. The van der Waals surface area contributed by atoms with Crippen LogP contribution in [0, 0.1) is 11.2 Å². The van der Waals surface area contributed by atoms with Crippen molar-refractivity contribution in [2.45, 2.75) is 6.61 Å². The van der Waals surface area contributed by atoms with Crippen molar-refractivity contribution in [3.63, 3.8) is 0 Å². The third-order valence-electron chi connectivity index (χ3n) is 4.25. The van der Waals surface area contributed by atoms with Crippen LogP contribution in [-0.4, -0.2) is 11.2 Å². The summed E-state index contributed by atoms with van der Waals surface area (Å²) >= 11 is 0. The van der Waals surface area contributed by atoms with Crippen molar-refractivity contribution in [1.29, 1.82) is 5.41 Å². The summed E-state index contributed by atoms with van der Waals surface area (Å²) in [5.41, 5.74) is 2.32. The van der Waals surface area contributed by atoms with Crippen LogP contribution in [0.1, 0.15) is 11.1 Å². The quantitative estimate of drug-likeness (QED) is 0.439. The van der Waals surface area contributed by atoms with Gasteiger partial charge in [0.1, 0.15) is 29.7 Å². The molecule has 4 rings (SSSR count). The Morgan fingerprint density at radius 3 is 2.57 bits per heavy atom. The lowest BCUT2D eigenvalue weighted by Crippen LogP contribution is -1.99. The van der Waals surface area contributed by atoms with Crippen LogP contribution in [-0.2, 0) is 6.61 Å². The maximum absolute atomic E-state index is 13.4. The molecule has 5 heteroatoms. The van der Waals surface area contributed by atoms with Crippen LogP contribution >= 0.6 is 0 Å². The van der Waals surface area contributed by atoms with Crippen LogP contribution in [0.2, 0.25) is 0 Å². The maximum atomic E-state index is 13.4. The molecular weight excluding hydrogens is 355 g/mol. The normalized spacial score (nSPS) is 10.6. The molecule has 1 aromatic heterocycles. The number of hydrogen-bond acceptors (Lipinski definition) is 4. The second-order valence-electron chi connectivity index (χ2n) is 6.19. The summed E-state index contributed by atoms with van der Waals surface area (Å²) in [6.07, 6.45) is 2.86. The van der Waals surface area contributed by atoms with Crippen molar-refractivity contribution in [3.05, 3.63) is 95.9 Å². The fourth-order valence-corrected chi connectivity index (χ4v) is 2.88. The first kappa shape index (κ1) is 17.7. The minimum Gasteiger partial charge on any atom is -0.488 e. The van der Waals surface area contributed by atoms with Gasteiger partial charge in [-0.3, -0.25) is 4.98 Å². The molecule has 0 saturated heterocycles. The van der Waals surface area contributed by atoms with Crippen LogP contribution in [0.5, 0.6) is 17.2 Å². The van der Waals surface area contributed by atoms with E-state index in [1.807, 2.05) is 30.3 Å². The fraction of sp³-hybridized carbons (Fsp3) is 0.0435. The Hall–Kier alpha value is -3.73. The summed E-state index contributed by atoms with van der Waals surface area (Å²) < 4.78 is 25.2. The zero-order valence-electron chi connectivity index (χ0n) is 14.9. The van der Waals surface area contributed by atoms with Crippen molar-refractivity contribution >= 4 is 17.1 Å². The molecule has 4 aromatic rings. The molecule has 1 N–H and O–H groups in total. The minimum absolute atomic E-state index is 0.368. The second kappa shape index (κ2) is 7.88. The molecule has 0 aliphatic heterocycles. The molecule has 0 fully saturated rings. The molecule has 0 amide bonds. The maximum Gasteiger partial charge on any atom is 0.138 e. The number of benzene rings is 3. The Labute approximate surface area is 161 Å². The second-order valence-corrected chi connectivity index (χ2v) is 6.19. The van der Waals surface area contributed by atoms with Crippen LogP contribution in [0.3, 0.4) is 0 Å². The highest BCUT2D eigenvalue weighted by atomic mass is 19.1. The van der Waals surface area contributed by atoms with Gasteiger partial charge < -0.3 is 14.9 Å². The van der Waals surface area contributed by atoms with Gasteiger partial charge in [0.15, 0.2) is 0 Å². The highest BCUT2D eigenvalue weighted by molar-refractivity contribution is 5.94. The monoisotopic (exact) mass is 372 g/mol. The Balaban J connectivity index is 1.67. The van der Waals surface area contributed by atoms with Crippen molar-refractivity contribution in [1.82, 2.24) is 4.98 Å². The number of nitrogens with one attached hydrogen (secondary N) is 1. The third kappa shape index (κ3) is 3.83. The number of fused-ring (bicyclic) bond motifs is 1. The molecule has 0 aliphatic rings. The molecule has 4 nitrogen and oxygen atoms in total. The van der Waals surface area contributed by atoms with E-state index in [1.165, 1.54) is 18.3 Å². The number of ether oxygens (including phenoxy) is 2. The molecule has 0 radical (unpaired) electrons. The van der Waals surface area contributed by atoms with E-state index in [2.05, 4.69) is 4.98 Å². The van der Waals surface area contributed by atoms with E-state index in [1.54, 1.807) is 36.5 Å². The highest BCUT2D eigenvalue weighted by Crippen LogP contribution is 2.33. The first-order valence-corrected chi connectivity index (χ1v) is 8.76. The molecular formula is C23H17FN2O2. The Bertz CT molecular complexity index is 1130. The van der Waals surface area contributed by atoms with Crippen LogP contribution in [0.25, 0.3) is 10.9 Å². The number of rotatable bonds is 6. The summed E-state index contributed by atoms with van der Waals surface area (Å²) in [4.78, 5) is 4.38. The first-order chi connectivity index (χ1) is 13.7. The number of halogens is 1. The van der Waals surface area contributed by atoms with E-state index in [4.69, 9.17) is 14.9 Å². The van der Waals surface area contributed by atoms with Gasteiger partial charge >= 0.3 is 0 Å². The molecule has 3 aromatic carbocycles. The van der Waals surface area contributed by atoms with Gasteiger partial charge in [0.05, 0.1) is 5.52 Å². The lowest BCUT2D eigenvalue weighted by Gasteiger charge is -2.13. The molecule has 0 atom stereocenters. The summed E-state index contributed by atoms with van der Waals surface area (Å²) in [5, 5.41) is 8.47. The van der Waals surface area contributed by atoms with Gasteiger partial charge in [0, 0.05) is 35.5 Å². The molecule has 0 saturated carbocycles. The smallest absolute Gasteiger partial charge is 0.138 e. The molecule has 0 spiro atoms. The Kier molecular flexibility index (Phi) is 4.97. The number of pyridine rings is 1. The van der Waals surface area contributed by atoms with E-state index < -0.39 is 0 Å². The van der Waals surface area contributed by atoms with Gasteiger partial charge in [-0.05, 0) is 29.8 Å². The van der Waals surface area contributed by atoms with Gasteiger partial charge in [-0.1, -0.05) is 36.4 Å². The zero-order chi connectivity index (χ0) is 19.3. The number of nitrogens with zero attached hydrogens (tertiary/aromatic N) is 1. The number of aromatic nitrogens is 1. The standard InChI is InChI=1S/C23H17FN2O2/c24-18-7-4-8-19(12-18)28-22-9-10-26-21-13-23(17(14-25)11-20(21)22)27-15-16-5-2-1-3-6-16/h1-14,25H,15H2.